The van der Waals surface area contributed by atoms with Gasteiger partial charge in [0, 0.05) is 45.8 Å². The summed E-state index contributed by atoms with van der Waals surface area (Å²) in [6.07, 6.45) is 1.13. The molecule has 2 saturated heterocycles. The summed E-state index contributed by atoms with van der Waals surface area (Å²) in [6, 6.07) is 7.28. The molecule has 1 N–H and O–H groups in total. The molecular formula is C21H36IN5O2S. The van der Waals surface area contributed by atoms with E-state index in [2.05, 4.69) is 35.9 Å². The van der Waals surface area contributed by atoms with Gasteiger partial charge in [-0.05, 0) is 37.4 Å². The molecule has 0 aliphatic carbocycles. The van der Waals surface area contributed by atoms with Crippen LogP contribution >= 0.6 is 24.0 Å². The smallest absolute Gasteiger partial charge is 0.243 e. The van der Waals surface area contributed by atoms with E-state index in [9.17, 15) is 8.42 Å². The fourth-order valence-electron chi connectivity index (χ4n) is 3.93. The van der Waals surface area contributed by atoms with E-state index in [4.69, 9.17) is 4.99 Å². The molecule has 0 saturated carbocycles. The molecule has 170 valence electrons. The zero-order chi connectivity index (χ0) is 21.1. The van der Waals surface area contributed by atoms with Gasteiger partial charge in [0.1, 0.15) is 0 Å². The molecule has 2 aliphatic rings. The van der Waals surface area contributed by atoms with E-state index in [1.54, 1.807) is 16.4 Å². The Balaban J connectivity index is 0.00000320. The highest BCUT2D eigenvalue weighted by molar-refractivity contribution is 14.0. The Morgan fingerprint density at radius 2 is 1.80 bits per heavy atom. The molecule has 2 aliphatic heterocycles. The largest absolute Gasteiger partial charge is 0.357 e. The van der Waals surface area contributed by atoms with Crippen LogP contribution in [-0.2, 0) is 16.6 Å². The second kappa shape index (κ2) is 10.6. The molecule has 0 unspecified atom stereocenters. The van der Waals surface area contributed by atoms with Crippen LogP contribution in [0.4, 0.5) is 0 Å². The summed E-state index contributed by atoms with van der Waals surface area (Å²) in [5.41, 5.74) is 1.03. The number of hydrogen-bond donors (Lipinski definition) is 1. The van der Waals surface area contributed by atoms with Crippen molar-refractivity contribution in [1.29, 1.82) is 0 Å². The zero-order valence-electron chi connectivity index (χ0n) is 18.6. The molecule has 3 rings (SSSR count). The molecule has 0 amide bonds. The van der Waals surface area contributed by atoms with Crippen molar-refractivity contribution >= 4 is 40.0 Å². The Kier molecular flexibility index (Phi) is 8.96. The first-order valence-electron chi connectivity index (χ1n) is 10.5. The van der Waals surface area contributed by atoms with E-state index in [0.717, 1.165) is 50.7 Å². The van der Waals surface area contributed by atoms with Crippen LogP contribution in [0.5, 0.6) is 0 Å². The molecule has 9 heteroatoms. The lowest BCUT2D eigenvalue weighted by Gasteiger charge is -2.32. The quantitative estimate of drug-likeness (QED) is 0.347. The van der Waals surface area contributed by atoms with Crippen LogP contribution in [0.15, 0.2) is 34.2 Å². The van der Waals surface area contributed by atoms with Crippen molar-refractivity contribution in [2.45, 2.75) is 38.6 Å². The van der Waals surface area contributed by atoms with Gasteiger partial charge in [0.25, 0.3) is 0 Å². The average Bonchev–Trinajstić information content (AvgIpc) is 3.05. The fourth-order valence-corrected chi connectivity index (χ4v) is 5.57. The number of aliphatic imine (C=N–C) groups is 1. The van der Waals surface area contributed by atoms with Crippen molar-refractivity contribution in [2.24, 2.45) is 10.4 Å². The monoisotopic (exact) mass is 549 g/mol. The Labute approximate surface area is 199 Å². The number of guanidine groups is 1. The van der Waals surface area contributed by atoms with Gasteiger partial charge in [-0.25, -0.2) is 13.4 Å². The number of piperazine rings is 1. The van der Waals surface area contributed by atoms with Crippen LogP contribution in [0.25, 0.3) is 0 Å². The second-order valence-electron chi connectivity index (χ2n) is 8.82. The van der Waals surface area contributed by atoms with Crippen LogP contribution in [0.3, 0.4) is 0 Å². The van der Waals surface area contributed by atoms with E-state index in [0.29, 0.717) is 24.5 Å². The lowest BCUT2D eigenvalue weighted by atomic mass is 9.93. The van der Waals surface area contributed by atoms with Gasteiger partial charge in [0.15, 0.2) is 5.96 Å². The van der Waals surface area contributed by atoms with Gasteiger partial charge in [-0.3, -0.25) is 0 Å². The SMILES string of the molecule is CCNC(=NCc1ccccc1S(=O)(=O)N1CCN(C)CC1)N1CCC(C)(C)C1.I. The van der Waals surface area contributed by atoms with Crippen LogP contribution in [-0.4, -0.2) is 81.3 Å². The van der Waals surface area contributed by atoms with Gasteiger partial charge < -0.3 is 15.1 Å². The molecule has 2 heterocycles. The number of sulfonamides is 1. The maximum absolute atomic E-state index is 13.3. The third-order valence-corrected chi connectivity index (χ3v) is 7.76. The number of likely N-dealkylation sites (N-methyl/N-ethyl adjacent to an activating group) is 1. The van der Waals surface area contributed by atoms with Crippen molar-refractivity contribution < 1.29 is 8.42 Å². The topological polar surface area (TPSA) is 68.2 Å². The molecule has 0 bridgehead atoms. The predicted octanol–water partition coefficient (Wildman–Crippen LogP) is 2.44. The van der Waals surface area contributed by atoms with Crippen molar-refractivity contribution in [1.82, 2.24) is 19.4 Å². The average molecular weight is 550 g/mol. The number of nitrogens with one attached hydrogen (secondary N) is 1. The highest BCUT2D eigenvalue weighted by atomic mass is 127. The van der Waals surface area contributed by atoms with Gasteiger partial charge >= 0.3 is 0 Å². The number of benzene rings is 1. The molecule has 0 radical (unpaired) electrons. The predicted molar refractivity (Wildman–Crippen MR) is 133 cm³/mol. The molecule has 0 aromatic heterocycles. The highest BCUT2D eigenvalue weighted by Crippen LogP contribution is 2.29. The summed E-state index contributed by atoms with van der Waals surface area (Å²) in [6.45, 7) is 12.2. The molecule has 30 heavy (non-hydrogen) atoms. The van der Waals surface area contributed by atoms with E-state index in [1.165, 1.54) is 0 Å². The lowest BCUT2D eigenvalue weighted by molar-refractivity contribution is 0.222. The number of halogens is 1. The number of hydrogen-bond acceptors (Lipinski definition) is 4. The Bertz CT molecular complexity index is 836. The first-order valence-corrected chi connectivity index (χ1v) is 12.0. The third kappa shape index (κ3) is 6.08. The van der Waals surface area contributed by atoms with Gasteiger partial charge in [-0.2, -0.15) is 4.31 Å². The van der Waals surface area contributed by atoms with E-state index in [1.807, 2.05) is 19.2 Å². The second-order valence-corrected chi connectivity index (χ2v) is 10.7. The number of rotatable bonds is 5. The van der Waals surface area contributed by atoms with E-state index < -0.39 is 10.0 Å². The van der Waals surface area contributed by atoms with E-state index in [-0.39, 0.29) is 29.4 Å². The Morgan fingerprint density at radius 1 is 1.13 bits per heavy atom. The van der Waals surface area contributed by atoms with Crippen molar-refractivity contribution in [2.75, 3.05) is 52.9 Å². The van der Waals surface area contributed by atoms with Crippen molar-refractivity contribution in [3.05, 3.63) is 29.8 Å². The minimum absolute atomic E-state index is 0. The minimum Gasteiger partial charge on any atom is -0.357 e. The third-order valence-electron chi connectivity index (χ3n) is 5.76. The van der Waals surface area contributed by atoms with Crippen LogP contribution in [0.1, 0.15) is 32.8 Å². The van der Waals surface area contributed by atoms with Gasteiger partial charge in [-0.15, -0.1) is 24.0 Å². The Hall–Kier alpha value is -0.910. The summed E-state index contributed by atoms with van der Waals surface area (Å²) in [4.78, 5) is 9.62. The zero-order valence-corrected chi connectivity index (χ0v) is 21.7. The molecule has 1 aromatic rings. The van der Waals surface area contributed by atoms with Crippen LogP contribution in [0, 0.1) is 5.41 Å². The standard InChI is InChI=1S/C21H35N5O2S.HI/c1-5-22-20(25-11-10-21(2,3)17-25)23-16-18-8-6-7-9-19(18)29(27,28)26-14-12-24(4)13-15-26;/h6-9H,5,10-17H2,1-4H3,(H,22,23);1H. The molecule has 2 fully saturated rings. The first kappa shape index (κ1) is 25.4. The van der Waals surface area contributed by atoms with Gasteiger partial charge in [0.05, 0.1) is 11.4 Å². The summed E-state index contributed by atoms with van der Waals surface area (Å²) in [7, 11) is -1.49. The minimum atomic E-state index is -3.51. The molecule has 0 spiro atoms. The summed E-state index contributed by atoms with van der Waals surface area (Å²) < 4.78 is 28.1. The first-order chi connectivity index (χ1) is 13.7. The van der Waals surface area contributed by atoms with Crippen LogP contribution < -0.4 is 5.32 Å². The summed E-state index contributed by atoms with van der Waals surface area (Å²) in [5, 5.41) is 3.37. The number of nitrogens with zero attached hydrogens (tertiary/aromatic N) is 4. The lowest BCUT2D eigenvalue weighted by Crippen LogP contribution is -2.47. The van der Waals surface area contributed by atoms with Crippen molar-refractivity contribution in [3.63, 3.8) is 0 Å². The van der Waals surface area contributed by atoms with Gasteiger partial charge in [0.2, 0.25) is 10.0 Å². The number of likely N-dealkylation sites (tertiary alicyclic amines) is 1. The summed E-state index contributed by atoms with van der Waals surface area (Å²) >= 11 is 0. The Morgan fingerprint density at radius 3 is 2.40 bits per heavy atom. The maximum atomic E-state index is 13.3. The summed E-state index contributed by atoms with van der Waals surface area (Å²) in [5.74, 6) is 0.866. The van der Waals surface area contributed by atoms with Crippen molar-refractivity contribution in [3.8, 4) is 0 Å². The fraction of sp³-hybridized carbons (Fsp3) is 0.667. The van der Waals surface area contributed by atoms with E-state index >= 15 is 0 Å². The highest BCUT2D eigenvalue weighted by Gasteiger charge is 2.31. The molecule has 0 atom stereocenters. The maximum Gasteiger partial charge on any atom is 0.243 e. The van der Waals surface area contributed by atoms with Crippen LogP contribution in [0.2, 0.25) is 0 Å². The normalized spacial score (nSPS) is 20.8. The molecule has 1 aromatic carbocycles. The van der Waals surface area contributed by atoms with Gasteiger partial charge in [-0.1, -0.05) is 32.0 Å². The molecule has 7 nitrogen and oxygen atoms in total. The molecular weight excluding hydrogens is 513 g/mol.